The minimum absolute atomic E-state index is 0.0627. The third-order valence-electron chi connectivity index (χ3n) is 7.36. The third kappa shape index (κ3) is 8.41. The second kappa shape index (κ2) is 14.1. The molecule has 3 aromatic carbocycles. The van der Waals surface area contributed by atoms with Crippen LogP contribution in [0.15, 0.2) is 91.0 Å². The number of nitrogens with two attached hydrogens (primary N) is 1. The number of ether oxygens (including phenoxy) is 1. The summed E-state index contributed by atoms with van der Waals surface area (Å²) in [5.74, 6) is 1.10. The van der Waals surface area contributed by atoms with Gasteiger partial charge >= 0.3 is 0 Å². The molecule has 3 aromatic rings. The van der Waals surface area contributed by atoms with E-state index in [1.54, 1.807) is 6.08 Å². The lowest BCUT2D eigenvalue weighted by atomic mass is 10.0. The molecule has 5 nitrogen and oxygen atoms in total. The molecule has 5 heteroatoms. The summed E-state index contributed by atoms with van der Waals surface area (Å²) in [5.41, 5.74) is 11.7. The lowest BCUT2D eigenvalue weighted by Crippen LogP contribution is -2.47. The first-order valence-corrected chi connectivity index (χ1v) is 14.3. The smallest absolute Gasteiger partial charge is 0.251 e. The van der Waals surface area contributed by atoms with E-state index in [9.17, 15) is 4.79 Å². The van der Waals surface area contributed by atoms with Gasteiger partial charge in [0.15, 0.2) is 0 Å². The Labute approximate surface area is 239 Å². The first kappa shape index (κ1) is 29.3. The highest BCUT2D eigenvalue weighted by molar-refractivity contribution is 6.04. The van der Waals surface area contributed by atoms with Crippen LogP contribution in [-0.4, -0.2) is 42.5 Å². The summed E-state index contributed by atoms with van der Waals surface area (Å²) in [6, 6.07) is 24.7. The zero-order chi connectivity index (χ0) is 28.5. The Morgan fingerprint density at radius 3 is 2.65 bits per heavy atom. The monoisotopic (exact) mass is 537 g/mol. The van der Waals surface area contributed by atoms with E-state index in [2.05, 4.69) is 75.1 Å². The Morgan fingerprint density at radius 2 is 1.85 bits per heavy atom. The topological polar surface area (TPSA) is 58.8 Å². The number of hydrogen-bond acceptors (Lipinski definition) is 4. The second-order valence-electron chi connectivity index (χ2n) is 11.2. The molecular formula is C35H43N3O2. The Hall–Kier alpha value is -3.67. The average molecular weight is 538 g/mol. The summed E-state index contributed by atoms with van der Waals surface area (Å²) < 4.78 is 6.14. The van der Waals surface area contributed by atoms with Gasteiger partial charge in [0.2, 0.25) is 0 Å². The SMILES string of the molecule is Cc1cccc(COc2cccc(N(CC(C)N3CC=CCC(N)C3)C(=O)/C=C/c3cccc(C(C)C)c3)c2)c1. The molecule has 0 bridgehead atoms. The van der Waals surface area contributed by atoms with Crippen LogP contribution in [0.5, 0.6) is 5.75 Å². The summed E-state index contributed by atoms with van der Waals surface area (Å²) >= 11 is 0. The molecule has 4 rings (SSSR count). The molecule has 0 spiro atoms. The molecule has 1 aliphatic rings. The van der Waals surface area contributed by atoms with Crippen molar-refractivity contribution in [1.29, 1.82) is 0 Å². The number of carbonyl (C=O) groups is 1. The molecule has 40 heavy (non-hydrogen) atoms. The van der Waals surface area contributed by atoms with E-state index in [0.29, 0.717) is 19.1 Å². The molecule has 0 saturated carbocycles. The van der Waals surface area contributed by atoms with Crippen molar-refractivity contribution in [3.63, 3.8) is 0 Å². The van der Waals surface area contributed by atoms with E-state index in [4.69, 9.17) is 10.5 Å². The highest BCUT2D eigenvalue weighted by Gasteiger charge is 2.23. The fourth-order valence-corrected chi connectivity index (χ4v) is 4.98. The third-order valence-corrected chi connectivity index (χ3v) is 7.36. The van der Waals surface area contributed by atoms with Gasteiger partial charge in [-0.05, 0) is 61.1 Å². The number of hydrogen-bond donors (Lipinski definition) is 1. The fraction of sp³-hybridized carbons (Fsp3) is 0.343. The zero-order valence-electron chi connectivity index (χ0n) is 24.3. The minimum Gasteiger partial charge on any atom is -0.489 e. The molecule has 0 aliphatic carbocycles. The molecule has 0 radical (unpaired) electrons. The quantitative estimate of drug-likeness (QED) is 0.230. The van der Waals surface area contributed by atoms with Crippen molar-refractivity contribution in [3.8, 4) is 5.75 Å². The predicted octanol–water partition coefficient (Wildman–Crippen LogP) is 6.72. The molecular weight excluding hydrogens is 494 g/mol. The second-order valence-corrected chi connectivity index (χ2v) is 11.2. The number of amides is 1. The maximum absolute atomic E-state index is 13.8. The standard InChI is InChI=1S/C35H43N3O2/c1-26(2)31-13-8-11-29(21-31)17-18-35(39)38(23-28(4)37-19-6-5-14-32(36)24-37)33-15-9-16-34(22-33)40-25-30-12-7-10-27(3)20-30/h5-13,15-18,20-22,26,28,32H,14,19,23-25,36H2,1-4H3/b18-17+. The molecule has 0 aromatic heterocycles. The largest absolute Gasteiger partial charge is 0.489 e. The van der Waals surface area contributed by atoms with Crippen molar-refractivity contribution in [2.45, 2.75) is 58.7 Å². The van der Waals surface area contributed by atoms with Gasteiger partial charge in [0.05, 0.1) is 0 Å². The van der Waals surface area contributed by atoms with Crippen LogP contribution in [0.3, 0.4) is 0 Å². The molecule has 2 unspecified atom stereocenters. The van der Waals surface area contributed by atoms with E-state index < -0.39 is 0 Å². The van der Waals surface area contributed by atoms with Gasteiger partial charge in [-0.15, -0.1) is 0 Å². The van der Waals surface area contributed by atoms with Gasteiger partial charge in [-0.1, -0.05) is 86.2 Å². The maximum atomic E-state index is 13.8. The summed E-state index contributed by atoms with van der Waals surface area (Å²) in [5, 5.41) is 0. The van der Waals surface area contributed by atoms with E-state index in [-0.39, 0.29) is 18.0 Å². The molecule has 1 heterocycles. The van der Waals surface area contributed by atoms with Crippen molar-refractivity contribution in [2.75, 3.05) is 24.5 Å². The first-order chi connectivity index (χ1) is 19.3. The van der Waals surface area contributed by atoms with Gasteiger partial charge in [-0.2, -0.15) is 0 Å². The highest BCUT2D eigenvalue weighted by Crippen LogP contribution is 2.24. The number of carbonyl (C=O) groups excluding carboxylic acids is 1. The summed E-state index contributed by atoms with van der Waals surface area (Å²) in [6.45, 7) is 11.2. The number of anilines is 1. The number of benzene rings is 3. The van der Waals surface area contributed by atoms with Gasteiger partial charge in [0.25, 0.3) is 5.91 Å². The van der Waals surface area contributed by atoms with Gasteiger partial charge in [-0.25, -0.2) is 0 Å². The molecule has 2 N–H and O–H groups in total. The van der Waals surface area contributed by atoms with E-state index in [1.807, 2.05) is 53.4 Å². The van der Waals surface area contributed by atoms with E-state index >= 15 is 0 Å². The van der Waals surface area contributed by atoms with Crippen LogP contribution >= 0.6 is 0 Å². The van der Waals surface area contributed by atoms with Crippen LogP contribution in [-0.2, 0) is 11.4 Å². The predicted molar refractivity (Wildman–Crippen MR) is 167 cm³/mol. The van der Waals surface area contributed by atoms with Crippen LogP contribution in [0.2, 0.25) is 0 Å². The van der Waals surface area contributed by atoms with E-state index in [0.717, 1.165) is 42.1 Å². The van der Waals surface area contributed by atoms with Crippen molar-refractivity contribution in [1.82, 2.24) is 4.90 Å². The Balaban J connectivity index is 1.56. The Morgan fingerprint density at radius 1 is 1.05 bits per heavy atom. The van der Waals surface area contributed by atoms with Gasteiger partial charge in [0, 0.05) is 49.5 Å². The van der Waals surface area contributed by atoms with Gasteiger partial charge in [0.1, 0.15) is 12.4 Å². The Kier molecular flexibility index (Phi) is 10.3. The van der Waals surface area contributed by atoms with Crippen LogP contribution in [0.4, 0.5) is 5.69 Å². The molecule has 1 aliphatic heterocycles. The summed E-state index contributed by atoms with van der Waals surface area (Å²) in [7, 11) is 0. The number of aryl methyl sites for hydroxylation is 1. The van der Waals surface area contributed by atoms with Crippen LogP contribution in [0, 0.1) is 6.92 Å². The van der Waals surface area contributed by atoms with Crippen molar-refractivity contribution in [3.05, 3.63) is 113 Å². The van der Waals surface area contributed by atoms with Gasteiger partial charge < -0.3 is 15.4 Å². The first-order valence-electron chi connectivity index (χ1n) is 14.3. The number of rotatable bonds is 10. The molecule has 210 valence electrons. The molecule has 0 fully saturated rings. The average Bonchev–Trinajstić information content (AvgIpc) is 3.18. The van der Waals surface area contributed by atoms with E-state index in [1.165, 1.54) is 11.1 Å². The van der Waals surface area contributed by atoms with Crippen LogP contribution in [0.1, 0.15) is 55.4 Å². The molecule has 1 amide bonds. The zero-order valence-corrected chi connectivity index (χ0v) is 24.3. The highest BCUT2D eigenvalue weighted by atomic mass is 16.5. The van der Waals surface area contributed by atoms with Crippen molar-refractivity contribution < 1.29 is 9.53 Å². The maximum Gasteiger partial charge on any atom is 0.251 e. The summed E-state index contributed by atoms with van der Waals surface area (Å²) in [6.07, 6.45) is 8.81. The minimum atomic E-state index is -0.0627. The van der Waals surface area contributed by atoms with Gasteiger partial charge in [-0.3, -0.25) is 9.69 Å². The van der Waals surface area contributed by atoms with Crippen molar-refractivity contribution >= 4 is 17.7 Å². The Bertz CT molecular complexity index is 1330. The lowest BCUT2D eigenvalue weighted by molar-refractivity contribution is -0.114. The number of nitrogens with zero attached hydrogens (tertiary/aromatic N) is 2. The summed E-state index contributed by atoms with van der Waals surface area (Å²) in [4.78, 5) is 18.0. The molecule has 2 atom stereocenters. The molecule has 0 saturated heterocycles. The van der Waals surface area contributed by atoms with Crippen LogP contribution in [0.25, 0.3) is 6.08 Å². The van der Waals surface area contributed by atoms with Crippen LogP contribution < -0.4 is 15.4 Å². The lowest BCUT2D eigenvalue weighted by Gasteiger charge is -2.33. The normalized spacial score (nSPS) is 16.7. The fourth-order valence-electron chi connectivity index (χ4n) is 4.98. The van der Waals surface area contributed by atoms with Crippen molar-refractivity contribution in [2.24, 2.45) is 5.73 Å².